The van der Waals surface area contributed by atoms with Gasteiger partial charge in [-0.2, -0.15) is 0 Å². The summed E-state index contributed by atoms with van der Waals surface area (Å²) in [5, 5.41) is 34.3. The molecule has 0 aromatic carbocycles. The van der Waals surface area contributed by atoms with Crippen molar-refractivity contribution >= 4 is 0 Å². The fourth-order valence-corrected chi connectivity index (χ4v) is 12.1. The molecule has 13 atom stereocenters. The second kappa shape index (κ2) is 7.07. The van der Waals surface area contributed by atoms with Gasteiger partial charge in [-0.1, -0.05) is 55.4 Å². The molecule has 0 radical (unpaired) electrons. The molecule has 0 aromatic rings. The lowest BCUT2D eigenvalue weighted by Gasteiger charge is -2.63. The van der Waals surface area contributed by atoms with Gasteiger partial charge >= 0.3 is 0 Å². The van der Waals surface area contributed by atoms with Gasteiger partial charge in [0.15, 0.2) is 0 Å². The highest BCUT2D eigenvalue weighted by Gasteiger charge is 2.84. The second-order valence-electron chi connectivity index (χ2n) is 16.4. The third-order valence-electron chi connectivity index (χ3n) is 14.0. The van der Waals surface area contributed by atoms with E-state index in [0.29, 0.717) is 34.5 Å². The summed E-state index contributed by atoms with van der Waals surface area (Å²) < 4.78 is 6.75. The maximum Gasteiger partial charge on any atom is 0.0880 e. The van der Waals surface area contributed by atoms with Crippen molar-refractivity contribution in [3.8, 4) is 0 Å². The van der Waals surface area contributed by atoms with Crippen molar-refractivity contribution in [2.45, 2.75) is 137 Å². The van der Waals surface area contributed by atoms with Crippen molar-refractivity contribution in [3.05, 3.63) is 0 Å². The Morgan fingerprint density at radius 2 is 1.51 bits per heavy atom. The van der Waals surface area contributed by atoms with Gasteiger partial charge < -0.3 is 20.1 Å². The van der Waals surface area contributed by atoms with Gasteiger partial charge in [0.05, 0.1) is 30.5 Å². The molecule has 0 amide bonds. The Bertz CT molecular complexity index is 893. The third-order valence-corrected chi connectivity index (χ3v) is 14.0. The van der Waals surface area contributed by atoms with Gasteiger partial charge in [0.2, 0.25) is 0 Å². The summed E-state index contributed by atoms with van der Waals surface area (Å²) in [5.74, 6) is 1.91. The van der Waals surface area contributed by atoms with Crippen LogP contribution in [-0.4, -0.2) is 45.8 Å². The second-order valence-corrected chi connectivity index (χ2v) is 16.4. The summed E-state index contributed by atoms with van der Waals surface area (Å²) in [6.07, 6.45) is 7.55. The van der Waals surface area contributed by atoms with Gasteiger partial charge in [-0.05, 0) is 102 Å². The average molecular weight is 489 g/mol. The first-order valence-electron chi connectivity index (χ1n) is 14.8. The van der Waals surface area contributed by atoms with Crippen LogP contribution in [-0.2, 0) is 4.74 Å². The topological polar surface area (TPSA) is 69.9 Å². The smallest absolute Gasteiger partial charge is 0.0880 e. The first-order valence-corrected chi connectivity index (χ1v) is 14.8. The first-order chi connectivity index (χ1) is 16.1. The molecule has 6 fully saturated rings. The number of fused-ring (bicyclic) bond motifs is 4. The van der Waals surface area contributed by atoms with E-state index in [1.807, 2.05) is 0 Å². The van der Waals surface area contributed by atoms with Crippen LogP contribution >= 0.6 is 0 Å². The molecule has 1 saturated heterocycles. The molecular weight excluding hydrogens is 436 g/mol. The third kappa shape index (κ3) is 2.74. The molecule has 2 spiro atoms. The van der Waals surface area contributed by atoms with Crippen LogP contribution in [0.15, 0.2) is 0 Å². The SMILES string of the molecule is CC1CC(C(O)C(C)(C)C)OC2C1[C@@]1(C)CCC34C[C@@]35CCC(O)C(C)(C)[C@@H]5CC[C@H]4[C@]1(C)[C@H]2O. The van der Waals surface area contributed by atoms with Crippen LogP contribution in [0.2, 0.25) is 0 Å². The van der Waals surface area contributed by atoms with Crippen molar-refractivity contribution in [2.24, 2.45) is 56.2 Å². The highest BCUT2D eigenvalue weighted by atomic mass is 16.5. The maximum atomic E-state index is 12.2. The number of hydrogen-bond acceptors (Lipinski definition) is 4. The molecule has 35 heavy (non-hydrogen) atoms. The largest absolute Gasteiger partial charge is 0.393 e. The highest BCUT2D eigenvalue weighted by molar-refractivity contribution is 5.32. The Morgan fingerprint density at radius 3 is 2.17 bits per heavy atom. The zero-order valence-electron chi connectivity index (χ0n) is 23.6. The molecule has 1 aliphatic heterocycles. The van der Waals surface area contributed by atoms with E-state index in [4.69, 9.17) is 4.74 Å². The Morgan fingerprint density at radius 1 is 0.886 bits per heavy atom. The van der Waals surface area contributed by atoms with Crippen molar-refractivity contribution in [1.29, 1.82) is 0 Å². The fourth-order valence-electron chi connectivity index (χ4n) is 12.1. The van der Waals surface area contributed by atoms with E-state index < -0.39 is 12.2 Å². The average Bonchev–Trinajstić information content (AvgIpc) is 3.40. The lowest BCUT2D eigenvalue weighted by atomic mass is 9.41. The van der Waals surface area contributed by atoms with E-state index in [1.54, 1.807) is 0 Å². The Labute approximate surface area is 213 Å². The normalized spacial score (nSPS) is 59.4. The van der Waals surface area contributed by atoms with E-state index in [2.05, 4.69) is 55.4 Å². The van der Waals surface area contributed by atoms with Crippen molar-refractivity contribution in [3.63, 3.8) is 0 Å². The summed E-state index contributed by atoms with van der Waals surface area (Å²) in [6.45, 7) is 18.2. The van der Waals surface area contributed by atoms with Crippen molar-refractivity contribution in [1.82, 2.24) is 0 Å². The van der Waals surface area contributed by atoms with Gasteiger partial charge in [-0.25, -0.2) is 0 Å². The Kier molecular flexibility index (Phi) is 5.08. The van der Waals surface area contributed by atoms with Crippen LogP contribution in [0, 0.1) is 56.2 Å². The molecule has 4 heteroatoms. The van der Waals surface area contributed by atoms with Gasteiger partial charge in [0.1, 0.15) is 0 Å². The van der Waals surface area contributed by atoms with E-state index in [1.165, 1.54) is 38.5 Å². The summed E-state index contributed by atoms with van der Waals surface area (Å²) >= 11 is 0. The maximum absolute atomic E-state index is 12.2. The lowest BCUT2D eigenvalue weighted by Crippen LogP contribution is -2.59. The molecule has 1 heterocycles. The van der Waals surface area contributed by atoms with E-state index in [0.717, 1.165) is 12.8 Å². The van der Waals surface area contributed by atoms with Crippen LogP contribution in [0.25, 0.3) is 0 Å². The lowest BCUT2D eigenvalue weighted by molar-refractivity contribution is -0.189. The van der Waals surface area contributed by atoms with E-state index in [9.17, 15) is 15.3 Å². The van der Waals surface area contributed by atoms with Gasteiger partial charge in [-0.3, -0.25) is 0 Å². The zero-order valence-corrected chi connectivity index (χ0v) is 23.6. The molecule has 5 saturated carbocycles. The Balaban J connectivity index is 1.36. The molecule has 200 valence electrons. The number of hydrogen-bond donors (Lipinski definition) is 3. The standard InChI is InChI=1S/C31H52O4/c1-17-15-18(24(33)26(2,3)4)35-23-22(17)28(7)13-14-31-16-30(31)12-11-21(32)27(5,6)19(30)9-10-20(31)29(28,8)25(23)34/h17-25,32-34H,9-16H2,1-8H3/t17?,18?,19-,20-,21?,22?,23?,24?,25-,28+,29+,30+,31?/m0/s1. The molecule has 6 rings (SSSR count). The minimum atomic E-state index is -0.522. The molecule has 3 N–H and O–H groups in total. The van der Waals surface area contributed by atoms with Crippen LogP contribution < -0.4 is 0 Å². The predicted octanol–water partition coefficient (Wildman–Crippen LogP) is 5.57. The number of ether oxygens (including phenoxy) is 1. The first kappa shape index (κ1) is 25.1. The monoisotopic (exact) mass is 488 g/mol. The summed E-state index contributed by atoms with van der Waals surface area (Å²) in [7, 11) is 0. The molecule has 4 nitrogen and oxygen atoms in total. The van der Waals surface area contributed by atoms with E-state index >= 15 is 0 Å². The molecule has 0 aromatic heterocycles. The highest BCUT2D eigenvalue weighted by Crippen LogP contribution is 2.89. The predicted molar refractivity (Wildman–Crippen MR) is 138 cm³/mol. The Hall–Kier alpha value is -0.160. The quantitative estimate of drug-likeness (QED) is 0.451. The van der Waals surface area contributed by atoms with Gasteiger partial charge in [-0.15, -0.1) is 0 Å². The van der Waals surface area contributed by atoms with Crippen molar-refractivity contribution in [2.75, 3.05) is 0 Å². The van der Waals surface area contributed by atoms with Crippen LogP contribution in [0.5, 0.6) is 0 Å². The van der Waals surface area contributed by atoms with Crippen molar-refractivity contribution < 1.29 is 20.1 Å². The molecule has 0 bridgehead atoms. The number of aliphatic hydroxyl groups is 3. The minimum Gasteiger partial charge on any atom is -0.393 e. The minimum absolute atomic E-state index is 0.00933. The molecule has 5 aliphatic carbocycles. The number of aliphatic hydroxyl groups excluding tert-OH is 3. The molecule has 6 aliphatic rings. The number of rotatable bonds is 1. The van der Waals surface area contributed by atoms with Crippen LogP contribution in [0.3, 0.4) is 0 Å². The van der Waals surface area contributed by atoms with Gasteiger partial charge in [0.25, 0.3) is 0 Å². The molecular formula is C31H52O4. The van der Waals surface area contributed by atoms with Crippen LogP contribution in [0.1, 0.15) is 107 Å². The molecule has 7 unspecified atom stereocenters. The van der Waals surface area contributed by atoms with Gasteiger partial charge in [0, 0.05) is 5.41 Å². The zero-order chi connectivity index (χ0) is 25.6. The van der Waals surface area contributed by atoms with Crippen LogP contribution in [0.4, 0.5) is 0 Å². The summed E-state index contributed by atoms with van der Waals surface area (Å²) in [4.78, 5) is 0. The van der Waals surface area contributed by atoms with E-state index in [-0.39, 0.29) is 40.0 Å². The summed E-state index contributed by atoms with van der Waals surface area (Å²) in [5.41, 5.74) is 0.361. The fraction of sp³-hybridized carbons (Fsp3) is 1.00. The summed E-state index contributed by atoms with van der Waals surface area (Å²) in [6, 6.07) is 0.